The minimum Gasteiger partial charge on any atom is -0.531 e. The van der Waals surface area contributed by atoms with Crippen LogP contribution in [0, 0.1) is 0 Å². The van der Waals surface area contributed by atoms with E-state index in [1.807, 2.05) is 0 Å². The van der Waals surface area contributed by atoms with Gasteiger partial charge in [-0.25, -0.2) is 4.79 Å². The van der Waals surface area contributed by atoms with E-state index >= 15 is 0 Å². The summed E-state index contributed by atoms with van der Waals surface area (Å²) in [6, 6.07) is 1.73. The van der Waals surface area contributed by atoms with Gasteiger partial charge in [0.15, 0.2) is 31.2 Å². The van der Waals surface area contributed by atoms with Gasteiger partial charge in [-0.3, -0.25) is 4.57 Å². The quantitative estimate of drug-likeness (QED) is 0.406. The zero-order chi connectivity index (χ0) is 25.4. The molecule has 0 radical (unpaired) electrons. The fourth-order valence-corrected chi connectivity index (χ4v) is 7.02. The van der Waals surface area contributed by atoms with E-state index < -0.39 is 51.3 Å². The molecule has 0 bridgehead atoms. The number of ether oxygens (including phenoxy) is 1. The number of hydrogen-bond donors (Lipinski definition) is 0. The van der Waals surface area contributed by atoms with Gasteiger partial charge in [-0.1, -0.05) is 0 Å². The molecule has 0 saturated carbocycles. The fraction of sp³-hybridized carbons (Fsp3) is 0.810. The summed E-state index contributed by atoms with van der Waals surface area (Å²) >= 11 is 0. The molecule has 1 unspecified atom stereocenters. The molecule has 1 aliphatic rings. The third-order valence-electron chi connectivity index (χ3n) is 4.43. The van der Waals surface area contributed by atoms with E-state index in [-0.39, 0.29) is 12.2 Å². The molecule has 0 amide bonds. The summed E-state index contributed by atoms with van der Waals surface area (Å²) in [7, 11) is -7.59. The summed E-state index contributed by atoms with van der Waals surface area (Å²) in [5.74, 6) is 0.351. The molecule has 1 aromatic rings. The Morgan fingerprint density at radius 2 is 1.39 bits per heavy atom. The van der Waals surface area contributed by atoms with Gasteiger partial charge in [-0.05, 0) is 78.6 Å². The highest BCUT2D eigenvalue weighted by atomic mass is 28.4. The summed E-state index contributed by atoms with van der Waals surface area (Å²) < 4.78 is 33.3. The van der Waals surface area contributed by atoms with Crippen LogP contribution in [0.5, 0.6) is 5.88 Å². The van der Waals surface area contributed by atoms with Crippen LogP contribution < -0.4 is 10.1 Å². The molecule has 1 aromatic heterocycles. The second kappa shape index (κ2) is 10.2. The molecule has 1 aliphatic heterocycles. The zero-order valence-corrected chi connectivity index (χ0v) is 26.5. The Morgan fingerprint density at radius 3 is 1.85 bits per heavy atom. The predicted octanol–water partition coefficient (Wildman–Crippen LogP) is 4.65. The van der Waals surface area contributed by atoms with Gasteiger partial charge in [0, 0.05) is 12.3 Å². The molecule has 1 fully saturated rings. The normalized spacial score (nSPS) is 24.8. The molecule has 190 valence electrons. The number of hydrogen-bond acceptors (Lipinski definition) is 7. The van der Waals surface area contributed by atoms with Crippen molar-refractivity contribution >= 4 is 33.3 Å². The minimum absolute atomic E-state index is 0.324. The molecule has 0 N–H and O–H groups in total. The van der Waals surface area contributed by atoms with Crippen LogP contribution in [0.4, 0.5) is 0 Å². The van der Waals surface area contributed by atoms with Crippen molar-refractivity contribution < 1.29 is 22.4 Å². The van der Waals surface area contributed by atoms with Crippen molar-refractivity contribution in [3.8, 4) is 5.88 Å². The summed E-state index contributed by atoms with van der Waals surface area (Å²) in [6.45, 7) is 25.9. The van der Waals surface area contributed by atoms with Crippen LogP contribution in [0.1, 0.15) is 6.23 Å². The van der Waals surface area contributed by atoms with Crippen molar-refractivity contribution in [2.45, 2.75) is 103 Å². The van der Waals surface area contributed by atoms with Crippen LogP contribution in [0.3, 0.4) is 0 Å². The first kappa shape index (κ1) is 28.6. The van der Waals surface area contributed by atoms with Gasteiger partial charge in [0.1, 0.15) is 18.3 Å². The Morgan fingerprint density at radius 1 is 0.848 bits per heavy atom. The van der Waals surface area contributed by atoms with Crippen LogP contribution in [-0.4, -0.2) is 67.7 Å². The highest BCUT2D eigenvalue weighted by Gasteiger charge is 2.50. The summed E-state index contributed by atoms with van der Waals surface area (Å²) in [6.07, 6.45) is -0.0334. The van der Waals surface area contributed by atoms with Gasteiger partial charge in [0.05, 0.1) is 6.61 Å². The van der Waals surface area contributed by atoms with Gasteiger partial charge < -0.3 is 22.4 Å². The van der Waals surface area contributed by atoms with Crippen molar-refractivity contribution in [2.24, 2.45) is 0 Å². The maximum atomic E-state index is 13.0. The molecular weight excluding hydrogens is 489 g/mol. The molecular formula is C21H44N2O6Si4. The molecule has 0 spiro atoms. The van der Waals surface area contributed by atoms with Crippen LogP contribution in [0.25, 0.3) is 0 Å². The lowest BCUT2D eigenvalue weighted by atomic mass is 10.1. The van der Waals surface area contributed by atoms with Crippen molar-refractivity contribution in [1.29, 1.82) is 0 Å². The van der Waals surface area contributed by atoms with Crippen LogP contribution in [-0.2, 0) is 18.0 Å². The number of nitrogens with zero attached hydrogens (tertiary/aromatic N) is 2. The van der Waals surface area contributed by atoms with Crippen molar-refractivity contribution in [3.05, 3.63) is 22.7 Å². The topological polar surface area (TPSA) is 81.0 Å². The van der Waals surface area contributed by atoms with E-state index in [0.717, 1.165) is 0 Å². The van der Waals surface area contributed by atoms with Gasteiger partial charge in [-0.2, -0.15) is 4.98 Å². The van der Waals surface area contributed by atoms with Crippen LogP contribution in [0.15, 0.2) is 17.1 Å². The molecule has 2 rings (SSSR count). The number of rotatable bonds is 10. The molecule has 12 heteroatoms. The van der Waals surface area contributed by atoms with E-state index in [0.29, 0.717) is 12.5 Å². The van der Waals surface area contributed by atoms with Gasteiger partial charge in [0.25, 0.3) is 0 Å². The van der Waals surface area contributed by atoms with E-state index in [1.165, 1.54) is 4.57 Å². The summed E-state index contributed by atoms with van der Waals surface area (Å²) in [5.41, 5.74) is -0.418. The third-order valence-corrected chi connectivity index (χ3v) is 8.25. The zero-order valence-electron chi connectivity index (χ0n) is 22.5. The van der Waals surface area contributed by atoms with Gasteiger partial charge >= 0.3 is 5.69 Å². The Balaban J connectivity index is 2.46. The average molecular weight is 533 g/mol. The maximum Gasteiger partial charge on any atom is 0.353 e. The largest absolute Gasteiger partial charge is 0.531 e. The lowest BCUT2D eigenvalue weighted by Gasteiger charge is -2.34. The highest BCUT2D eigenvalue weighted by Crippen LogP contribution is 2.37. The van der Waals surface area contributed by atoms with Gasteiger partial charge in [-0.15, -0.1) is 0 Å². The van der Waals surface area contributed by atoms with Crippen molar-refractivity contribution in [3.63, 3.8) is 0 Å². The Labute approximate surface area is 203 Å². The molecule has 0 aromatic carbocycles. The van der Waals surface area contributed by atoms with Crippen molar-refractivity contribution in [1.82, 2.24) is 9.55 Å². The summed E-state index contributed by atoms with van der Waals surface area (Å²) in [4.78, 5) is 17.2. The molecule has 2 heterocycles. The Bertz CT molecular complexity index is 855. The lowest BCUT2D eigenvalue weighted by Crippen LogP contribution is -2.49. The molecule has 1 saturated heterocycles. The van der Waals surface area contributed by atoms with E-state index in [2.05, 4.69) is 83.5 Å². The standard InChI is InChI=1S/C21H44N2O6Si4/c1-30(2,3)25-15-16-18(28-32(7,8)9)19(29-33(10,11)12)20(26-16)23-14-13-17(22-21(23)24)27-31(4,5)6/h13-14,16,18-20H,15H2,1-12H3/t16-,18-,19?,20+/m1/s1. The third kappa shape index (κ3) is 9.51. The predicted molar refractivity (Wildman–Crippen MR) is 142 cm³/mol. The fourth-order valence-electron chi connectivity index (χ4n) is 3.44. The maximum absolute atomic E-state index is 13.0. The second-order valence-corrected chi connectivity index (χ2v) is 30.4. The summed E-state index contributed by atoms with van der Waals surface area (Å²) in [5, 5.41) is 0. The first-order valence-electron chi connectivity index (χ1n) is 11.7. The highest BCUT2D eigenvalue weighted by molar-refractivity contribution is 6.71. The Kier molecular flexibility index (Phi) is 8.82. The lowest BCUT2D eigenvalue weighted by molar-refractivity contribution is -0.0497. The number of aromatic nitrogens is 2. The first-order chi connectivity index (χ1) is 14.7. The SMILES string of the molecule is C[Si](C)(C)OC[C@H]1O[C@H](n2ccc(O[Si](C)(C)C)nc2=O)C(O[Si](C)(C)C)[C@@H]1O[Si](C)(C)C. The van der Waals surface area contributed by atoms with Crippen LogP contribution >= 0.6 is 0 Å². The van der Waals surface area contributed by atoms with E-state index in [1.54, 1.807) is 12.3 Å². The van der Waals surface area contributed by atoms with E-state index in [9.17, 15) is 4.79 Å². The second-order valence-electron chi connectivity index (χ2n) is 12.5. The smallest absolute Gasteiger partial charge is 0.353 e. The Hall–Kier alpha value is -0.612. The van der Waals surface area contributed by atoms with Gasteiger partial charge in [0.2, 0.25) is 14.2 Å². The molecule has 0 aliphatic carbocycles. The molecule has 4 atom stereocenters. The first-order valence-corrected chi connectivity index (χ1v) is 25.3. The van der Waals surface area contributed by atoms with E-state index in [4.69, 9.17) is 22.4 Å². The molecule has 33 heavy (non-hydrogen) atoms. The molecule has 8 nitrogen and oxygen atoms in total. The minimum atomic E-state index is -1.99. The average Bonchev–Trinajstić information content (AvgIpc) is 2.85. The van der Waals surface area contributed by atoms with Crippen molar-refractivity contribution in [2.75, 3.05) is 6.61 Å². The monoisotopic (exact) mass is 532 g/mol. The van der Waals surface area contributed by atoms with Crippen LogP contribution in [0.2, 0.25) is 78.6 Å².